The monoisotopic (exact) mass is 385 g/mol. The van der Waals surface area contributed by atoms with Gasteiger partial charge in [-0.25, -0.2) is 4.39 Å². The third-order valence-corrected chi connectivity index (χ3v) is 6.58. The lowest BCUT2D eigenvalue weighted by Gasteiger charge is -2.26. The molecular formula is C26H26FSi. The molecule has 0 bridgehead atoms. The van der Waals surface area contributed by atoms with Crippen LogP contribution in [0.25, 0.3) is 22.3 Å². The van der Waals surface area contributed by atoms with Gasteiger partial charge in [0.25, 0.3) is 0 Å². The fraction of sp³-hybridized carbons (Fsp3) is 0.308. The van der Waals surface area contributed by atoms with Crippen LogP contribution in [0.3, 0.4) is 0 Å². The van der Waals surface area contributed by atoms with Gasteiger partial charge in [0.2, 0.25) is 0 Å². The maximum atomic E-state index is 14.8. The Balaban J connectivity index is 1.53. The van der Waals surface area contributed by atoms with Gasteiger partial charge in [0.15, 0.2) is 0 Å². The van der Waals surface area contributed by atoms with E-state index >= 15 is 0 Å². The van der Waals surface area contributed by atoms with Gasteiger partial charge >= 0.3 is 0 Å². The van der Waals surface area contributed by atoms with E-state index < -0.39 is 0 Å². The molecule has 28 heavy (non-hydrogen) atoms. The van der Waals surface area contributed by atoms with Gasteiger partial charge in [-0.05, 0) is 59.0 Å². The molecule has 0 N–H and O–H groups in total. The molecule has 0 heterocycles. The van der Waals surface area contributed by atoms with Crippen LogP contribution in [-0.4, -0.2) is 10.2 Å². The molecule has 3 radical (unpaired) electrons. The summed E-state index contributed by atoms with van der Waals surface area (Å²) in [7, 11) is 3.50. The van der Waals surface area contributed by atoms with E-state index in [0.717, 1.165) is 28.7 Å². The molecule has 0 saturated heterocycles. The predicted molar refractivity (Wildman–Crippen MR) is 117 cm³/mol. The van der Waals surface area contributed by atoms with Crippen molar-refractivity contribution in [2.45, 2.75) is 44.6 Å². The molecule has 141 valence electrons. The van der Waals surface area contributed by atoms with Crippen LogP contribution in [0, 0.1) is 11.7 Å². The summed E-state index contributed by atoms with van der Waals surface area (Å²) in [6.07, 6.45) is 5.24. The predicted octanol–water partition coefficient (Wildman–Crippen LogP) is 7.12. The molecule has 1 aliphatic carbocycles. The van der Waals surface area contributed by atoms with Gasteiger partial charge in [0, 0.05) is 15.8 Å². The lowest BCUT2D eigenvalue weighted by Crippen LogP contribution is -2.10. The molecule has 0 aromatic heterocycles. The first-order chi connectivity index (χ1) is 13.6. The zero-order valence-electron chi connectivity index (χ0n) is 16.4. The van der Waals surface area contributed by atoms with Gasteiger partial charge in [-0.15, -0.1) is 0 Å². The van der Waals surface area contributed by atoms with Crippen molar-refractivity contribution < 1.29 is 4.39 Å². The summed E-state index contributed by atoms with van der Waals surface area (Å²) >= 11 is 0. The van der Waals surface area contributed by atoms with Gasteiger partial charge in [-0.1, -0.05) is 86.0 Å². The first-order valence-corrected chi connectivity index (χ1v) is 11.0. The SMILES string of the molecule is CC1CCC(c2ccc(-c3ccc(-c4ccc(C[Si])cc4)c(F)c3)cc2)CC1. The minimum absolute atomic E-state index is 0.172. The van der Waals surface area contributed by atoms with Crippen LogP contribution in [0.4, 0.5) is 4.39 Å². The fourth-order valence-corrected chi connectivity index (χ4v) is 4.51. The summed E-state index contributed by atoms with van der Waals surface area (Å²) in [5, 5.41) is 0. The van der Waals surface area contributed by atoms with E-state index in [0.29, 0.717) is 11.5 Å². The molecule has 3 aromatic carbocycles. The first-order valence-electron chi connectivity index (χ1n) is 10.3. The molecule has 0 spiro atoms. The minimum atomic E-state index is -0.172. The Morgan fingerprint density at radius 2 is 1.39 bits per heavy atom. The summed E-state index contributed by atoms with van der Waals surface area (Å²) in [5.41, 5.74) is 6.19. The number of benzene rings is 3. The van der Waals surface area contributed by atoms with Crippen LogP contribution in [0.15, 0.2) is 66.7 Å². The van der Waals surface area contributed by atoms with Gasteiger partial charge in [0.05, 0.1) is 0 Å². The smallest absolute Gasteiger partial charge is 0.131 e. The van der Waals surface area contributed by atoms with E-state index in [1.807, 2.05) is 36.4 Å². The van der Waals surface area contributed by atoms with Crippen molar-refractivity contribution in [1.29, 1.82) is 0 Å². The van der Waals surface area contributed by atoms with Crippen molar-refractivity contribution in [1.82, 2.24) is 0 Å². The van der Waals surface area contributed by atoms with Crippen LogP contribution in [0.5, 0.6) is 0 Å². The minimum Gasteiger partial charge on any atom is -0.206 e. The summed E-state index contributed by atoms with van der Waals surface area (Å²) in [5.74, 6) is 1.38. The molecule has 1 fully saturated rings. The molecule has 0 atom stereocenters. The molecule has 2 heteroatoms. The van der Waals surface area contributed by atoms with Crippen LogP contribution in [-0.2, 0) is 6.04 Å². The van der Waals surface area contributed by atoms with E-state index in [-0.39, 0.29) is 5.82 Å². The van der Waals surface area contributed by atoms with Crippen molar-refractivity contribution in [2.24, 2.45) is 5.92 Å². The molecular weight excluding hydrogens is 359 g/mol. The number of halogens is 1. The van der Waals surface area contributed by atoms with E-state index in [9.17, 15) is 4.39 Å². The quantitative estimate of drug-likeness (QED) is 0.419. The lowest BCUT2D eigenvalue weighted by molar-refractivity contribution is 0.348. The highest BCUT2D eigenvalue weighted by molar-refractivity contribution is 6.08. The van der Waals surface area contributed by atoms with Crippen LogP contribution < -0.4 is 0 Å². The van der Waals surface area contributed by atoms with Gasteiger partial charge in [-0.3, -0.25) is 0 Å². The molecule has 3 aromatic rings. The van der Waals surface area contributed by atoms with E-state index in [2.05, 4.69) is 41.4 Å². The van der Waals surface area contributed by atoms with Gasteiger partial charge in [-0.2, -0.15) is 0 Å². The summed E-state index contributed by atoms with van der Waals surface area (Å²) in [6.45, 7) is 2.35. The number of hydrogen-bond acceptors (Lipinski definition) is 0. The zero-order valence-corrected chi connectivity index (χ0v) is 17.4. The van der Waals surface area contributed by atoms with Crippen LogP contribution in [0.1, 0.15) is 49.7 Å². The Labute approximate surface area is 171 Å². The average molecular weight is 386 g/mol. The maximum absolute atomic E-state index is 14.8. The van der Waals surface area contributed by atoms with Crippen LogP contribution >= 0.6 is 0 Å². The second-order valence-corrected chi connectivity index (χ2v) is 8.50. The fourth-order valence-electron chi connectivity index (χ4n) is 4.27. The highest BCUT2D eigenvalue weighted by atomic mass is 28.1. The van der Waals surface area contributed by atoms with Crippen molar-refractivity contribution in [2.75, 3.05) is 0 Å². The Morgan fingerprint density at radius 3 is 2.00 bits per heavy atom. The second kappa shape index (κ2) is 8.44. The number of rotatable bonds is 4. The molecule has 0 amide bonds. The zero-order chi connectivity index (χ0) is 19.5. The molecule has 1 aliphatic rings. The van der Waals surface area contributed by atoms with E-state index in [1.54, 1.807) is 6.07 Å². The van der Waals surface area contributed by atoms with E-state index in [4.69, 9.17) is 0 Å². The lowest BCUT2D eigenvalue weighted by atomic mass is 9.79. The second-order valence-electron chi connectivity index (χ2n) is 8.15. The Hall–Kier alpha value is -2.19. The Kier molecular flexibility index (Phi) is 5.77. The highest BCUT2D eigenvalue weighted by Gasteiger charge is 2.19. The third-order valence-electron chi connectivity index (χ3n) is 6.17. The van der Waals surface area contributed by atoms with Gasteiger partial charge < -0.3 is 0 Å². The molecule has 0 nitrogen and oxygen atoms in total. The van der Waals surface area contributed by atoms with Crippen molar-refractivity contribution >= 4 is 10.2 Å². The average Bonchev–Trinajstić information content (AvgIpc) is 2.74. The van der Waals surface area contributed by atoms with E-state index in [1.165, 1.54) is 36.8 Å². The van der Waals surface area contributed by atoms with Gasteiger partial charge in [0.1, 0.15) is 5.82 Å². The molecule has 0 unspecified atom stereocenters. The van der Waals surface area contributed by atoms with Crippen molar-refractivity contribution in [3.05, 3.63) is 83.7 Å². The summed E-state index contributed by atoms with van der Waals surface area (Å²) < 4.78 is 14.8. The van der Waals surface area contributed by atoms with Crippen molar-refractivity contribution in [3.63, 3.8) is 0 Å². The van der Waals surface area contributed by atoms with Crippen LogP contribution in [0.2, 0.25) is 0 Å². The summed E-state index contributed by atoms with van der Waals surface area (Å²) in [4.78, 5) is 0. The molecule has 0 aliphatic heterocycles. The Morgan fingerprint density at radius 1 is 0.786 bits per heavy atom. The van der Waals surface area contributed by atoms with Crippen molar-refractivity contribution in [3.8, 4) is 22.3 Å². The normalized spacial score (nSPS) is 19.5. The maximum Gasteiger partial charge on any atom is 0.131 e. The standard InChI is InChI=1S/C26H26FSi/c1-18-2-6-20(7-3-18)21-10-12-22(13-11-21)24-14-15-25(26(27)16-24)23-8-4-19(17-28)5-9-23/h4-5,8-16,18,20H,2-3,6-7,17H2,1H3. The number of hydrogen-bond donors (Lipinski definition) is 0. The highest BCUT2D eigenvalue weighted by Crippen LogP contribution is 2.36. The Bertz CT molecular complexity index is 920. The molecule has 4 rings (SSSR count). The topological polar surface area (TPSA) is 0 Å². The summed E-state index contributed by atoms with van der Waals surface area (Å²) in [6, 6.07) is 23.2. The third kappa shape index (κ3) is 4.12. The first kappa shape index (κ1) is 19.1. The molecule has 1 saturated carbocycles. The largest absolute Gasteiger partial charge is 0.206 e.